The zero-order valence-electron chi connectivity index (χ0n) is 6.70. The fourth-order valence-electron chi connectivity index (χ4n) is 0.691. The standard InChI is InChI=1S/C6H7F2N3O2/c1-12-4-3(13-5(7)8)2-10-6(9)11-4/h2,5H,1H3,(H2,9,10,11). The summed E-state index contributed by atoms with van der Waals surface area (Å²) in [5, 5.41) is 0. The molecule has 0 aliphatic carbocycles. The lowest BCUT2D eigenvalue weighted by Gasteiger charge is -2.07. The first-order valence-electron chi connectivity index (χ1n) is 3.25. The molecule has 2 N–H and O–H groups in total. The molecule has 0 atom stereocenters. The van der Waals surface area contributed by atoms with Gasteiger partial charge in [0.2, 0.25) is 11.7 Å². The Kier molecular flexibility index (Phi) is 2.78. The van der Waals surface area contributed by atoms with Crippen LogP contribution >= 0.6 is 0 Å². The summed E-state index contributed by atoms with van der Waals surface area (Å²) in [7, 11) is 1.26. The molecule has 0 aliphatic rings. The fraction of sp³-hybridized carbons (Fsp3) is 0.333. The molecule has 1 rings (SSSR count). The van der Waals surface area contributed by atoms with E-state index in [1.165, 1.54) is 7.11 Å². The van der Waals surface area contributed by atoms with E-state index in [0.29, 0.717) is 0 Å². The van der Waals surface area contributed by atoms with E-state index in [-0.39, 0.29) is 17.6 Å². The highest BCUT2D eigenvalue weighted by Gasteiger charge is 2.12. The molecule has 1 aromatic rings. The van der Waals surface area contributed by atoms with Crippen molar-refractivity contribution in [2.24, 2.45) is 0 Å². The molecule has 13 heavy (non-hydrogen) atoms. The zero-order chi connectivity index (χ0) is 9.84. The van der Waals surface area contributed by atoms with Gasteiger partial charge in [0.05, 0.1) is 13.3 Å². The molecule has 7 heteroatoms. The highest BCUT2D eigenvalue weighted by Crippen LogP contribution is 2.24. The lowest BCUT2D eigenvalue weighted by molar-refractivity contribution is -0.0518. The highest BCUT2D eigenvalue weighted by atomic mass is 19.3. The molecule has 0 unspecified atom stereocenters. The number of nitrogens with two attached hydrogens (primary N) is 1. The minimum Gasteiger partial charge on any atom is -0.478 e. The summed E-state index contributed by atoms with van der Waals surface area (Å²) < 4.78 is 32.2. The first-order valence-corrected chi connectivity index (χ1v) is 3.25. The Balaban J connectivity index is 2.92. The average Bonchev–Trinajstić information content (AvgIpc) is 2.07. The van der Waals surface area contributed by atoms with Gasteiger partial charge in [-0.2, -0.15) is 13.8 Å². The second-order valence-corrected chi connectivity index (χ2v) is 1.98. The number of methoxy groups -OCH3 is 1. The number of ether oxygens (including phenoxy) is 2. The average molecular weight is 191 g/mol. The Morgan fingerprint density at radius 2 is 2.23 bits per heavy atom. The van der Waals surface area contributed by atoms with Gasteiger partial charge in [-0.3, -0.25) is 0 Å². The molecule has 1 heterocycles. The summed E-state index contributed by atoms with van der Waals surface area (Å²) in [4.78, 5) is 7.00. The second kappa shape index (κ2) is 3.83. The number of rotatable bonds is 3. The number of halogens is 2. The van der Waals surface area contributed by atoms with Crippen molar-refractivity contribution < 1.29 is 18.3 Å². The van der Waals surface area contributed by atoms with Gasteiger partial charge in [0.15, 0.2) is 0 Å². The maximum absolute atomic E-state index is 11.8. The molecule has 0 aliphatic heterocycles. The van der Waals surface area contributed by atoms with Gasteiger partial charge in [0.1, 0.15) is 0 Å². The van der Waals surface area contributed by atoms with Crippen LogP contribution in [-0.4, -0.2) is 23.7 Å². The van der Waals surface area contributed by atoms with E-state index in [1.807, 2.05) is 0 Å². The molecule has 0 spiro atoms. The third kappa shape index (κ3) is 2.39. The van der Waals surface area contributed by atoms with Crippen molar-refractivity contribution in [2.45, 2.75) is 6.61 Å². The van der Waals surface area contributed by atoms with Crippen LogP contribution in [0.4, 0.5) is 14.7 Å². The van der Waals surface area contributed by atoms with E-state index in [9.17, 15) is 8.78 Å². The van der Waals surface area contributed by atoms with Crippen molar-refractivity contribution >= 4 is 5.95 Å². The number of nitrogen functional groups attached to an aromatic ring is 1. The fourth-order valence-corrected chi connectivity index (χ4v) is 0.691. The maximum atomic E-state index is 11.8. The van der Waals surface area contributed by atoms with E-state index in [4.69, 9.17) is 5.73 Å². The van der Waals surface area contributed by atoms with Gasteiger partial charge in [-0.25, -0.2) is 4.98 Å². The maximum Gasteiger partial charge on any atom is 0.387 e. The summed E-state index contributed by atoms with van der Waals surface area (Å²) >= 11 is 0. The van der Waals surface area contributed by atoms with Crippen LogP contribution in [0, 0.1) is 0 Å². The van der Waals surface area contributed by atoms with Crippen molar-refractivity contribution in [3.05, 3.63) is 6.20 Å². The van der Waals surface area contributed by atoms with E-state index in [2.05, 4.69) is 19.4 Å². The lowest BCUT2D eigenvalue weighted by Crippen LogP contribution is -2.06. The second-order valence-electron chi connectivity index (χ2n) is 1.98. The molecule has 0 aromatic carbocycles. The number of aromatic nitrogens is 2. The van der Waals surface area contributed by atoms with Gasteiger partial charge in [-0.15, -0.1) is 0 Å². The summed E-state index contributed by atoms with van der Waals surface area (Å²) in [6.07, 6.45) is 1.02. The van der Waals surface area contributed by atoms with Crippen LogP contribution in [-0.2, 0) is 0 Å². The molecule has 0 bridgehead atoms. The third-order valence-electron chi connectivity index (χ3n) is 1.15. The van der Waals surface area contributed by atoms with Crippen LogP contribution in [0.15, 0.2) is 6.20 Å². The number of nitrogens with zero attached hydrogens (tertiary/aromatic N) is 2. The van der Waals surface area contributed by atoms with E-state index in [0.717, 1.165) is 6.20 Å². The molecule has 0 amide bonds. The lowest BCUT2D eigenvalue weighted by atomic mass is 10.5. The van der Waals surface area contributed by atoms with Gasteiger partial charge >= 0.3 is 6.61 Å². The van der Waals surface area contributed by atoms with Crippen LogP contribution in [0.3, 0.4) is 0 Å². The highest BCUT2D eigenvalue weighted by molar-refractivity contribution is 5.35. The zero-order valence-corrected chi connectivity index (χ0v) is 6.70. The van der Waals surface area contributed by atoms with Crippen LogP contribution in [0.2, 0.25) is 0 Å². The van der Waals surface area contributed by atoms with Gasteiger partial charge < -0.3 is 15.2 Å². The minimum absolute atomic E-state index is 0.0709. The first-order chi connectivity index (χ1) is 6.13. The Hall–Kier alpha value is -1.66. The summed E-state index contributed by atoms with van der Waals surface area (Å²) in [6.45, 7) is -2.94. The van der Waals surface area contributed by atoms with Crippen molar-refractivity contribution in [2.75, 3.05) is 12.8 Å². The number of hydrogen-bond donors (Lipinski definition) is 1. The van der Waals surface area contributed by atoms with Crippen LogP contribution in [0.5, 0.6) is 11.6 Å². The molecular formula is C6H7F2N3O2. The number of alkyl halides is 2. The molecule has 0 saturated carbocycles. The van der Waals surface area contributed by atoms with Gasteiger partial charge in [-0.1, -0.05) is 0 Å². The molecule has 72 valence electrons. The molecule has 0 radical (unpaired) electrons. The van der Waals surface area contributed by atoms with E-state index >= 15 is 0 Å². The van der Waals surface area contributed by atoms with Crippen molar-refractivity contribution in [1.82, 2.24) is 9.97 Å². The predicted molar refractivity (Wildman–Crippen MR) is 39.6 cm³/mol. The number of hydrogen-bond acceptors (Lipinski definition) is 5. The largest absolute Gasteiger partial charge is 0.478 e. The Morgan fingerprint density at radius 1 is 1.54 bits per heavy atom. The van der Waals surface area contributed by atoms with E-state index in [1.54, 1.807) is 0 Å². The number of anilines is 1. The van der Waals surface area contributed by atoms with Crippen molar-refractivity contribution in [3.8, 4) is 11.6 Å². The summed E-state index contributed by atoms with van der Waals surface area (Å²) in [6, 6.07) is 0. The van der Waals surface area contributed by atoms with Gasteiger partial charge in [-0.05, 0) is 0 Å². The van der Waals surface area contributed by atoms with Crippen molar-refractivity contribution in [1.29, 1.82) is 0 Å². The van der Waals surface area contributed by atoms with Gasteiger partial charge in [0.25, 0.3) is 5.88 Å². The normalized spacial score (nSPS) is 10.2. The molecule has 5 nitrogen and oxygen atoms in total. The topological polar surface area (TPSA) is 70.3 Å². The summed E-state index contributed by atoms with van der Waals surface area (Å²) in [5.74, 6) is -0.432. The minimum atomic E-state index is -2.94. The first kappa shape index (κ1) is 9.43. The Bertz CT molecular complexity index is 295. The van der Waals surface area contributed by atoms with E-state index < -0.39 is 6.61 Å². The molecule has 1 aromatic heterocycles. The third-order valence-corrected chi connectivity index (χ3v) is 1.15. The Labute approximate surface area is 72.5 Å². The van der Waals surface area contributed by atoms with Crippen LogP contribution in [0.25, 0.3) is 0 Å². The molecule has 0 saturated heterocycles. The molecule has 0 fully saturated rings. The predicted octanol–water partition coefficient (Wildman–Crippen LogP) is 0.669. The molecular weight excluding hydrogens is 184 g/mol. The monoisotopic (exact) mass is 191 g/mol. The quantitative estimate of drug-likeness (QED) is 0.760. The van der Waals surface area contributed by atoms with Crippen molar-refractivity contribution in [3.63, 3.8) is 0 Å². The van der Waals surface area contributed by atoms with Crippen LogP contribution < -0.4 is 15.2 Å². The van der Waals surface area contributed by atoms with Crippen LogP contribution in [0.1, 0.15) is 0 Å². The van der Waals surface area contributed by atoms with Gasteiger partial charge in [0, 0.05) is 0 Å². The Morgan fingerprint density at radius 3 is 2.77 bits per heavy atom. The summed E-state index contributed by atoms with van der Waals surface area (Å²) in [5.41, 5.74) is 5.19. The SMILES string of the molecule is COc1nc(N)ncc1OC(F)F. The smallest absolute Gasteiger partial charge is 0.387 e.